The smallest absolute Gasteiger partial charge is 0.407 e. The van der Waals surface area contributed by atoms with Crippen LogP contribution in [-0.4, -0.2) is 54.9 Å². The van der Waals surface area contributed by atoms with Crippen molar-refractivity contribution in [2.45, 2.75) is 84.4 Å². The molecule has 1 amide bonds. The zero-order chi connectivity index (χ0) is 17.3. The molecule has 1 saturated heterocycles. The van der Waals surface area contributed by atoms with Gasteiger partial charge < -0.3 is 20.3 Å². The maximum absolute atomic E-state index is 11.8. The van der Waals surface area contributed by atoms with Gasteiger partial charge in [-0.25, -0.2) is 4.79 Å². The number of hydrogen-bond donors (Lipinski definition) is 2. The Labute approximate surface area is 142 Å². The molecule has 1 atom stereocenters. The average molecular weight is 328 g/mol. The minimum absolute atomic E-state index is 0.318. The van der Waals surface area contributed by atoms with Gasteiger partial charge in [-0.3, -0.25) is 0 Å². The Kier molecular flexibility index (Phi) is 8.92. The summed E-state index contributed by atoms with van der Waals surface area (Å²) in [7, 11) is 0. The van der Waals surface area contributed by atoms with Crippen LogP contribution in [0.15, 0.2) is 0 Å². The SMILES string of the molecule is CCCCC(CNC(=O)OC(C)(C)C)NC1CCN(CC)CC1. The largest absolute Gasteiger partial charge is 0.444 e. The molecule has 0 saturated carbocycles. The van der Waals surface area contributed by atoms with Gasteiger partial charge >= 0.3 is 6.09 Å². The molecule has 5 heteroatoms. The number of amides is 1. The number of nitrogens with zero attached hydrogens (tertiary/aromatic N) is 1. The molecular formula is C18H37N3O2. The van der Waals surface area contributed by atoms with Crippen molar-refractivity contribution < 1.29 is 9.53 Å². The number of carbonyl (C=O) groups excluding carboxylic acids is 1. The van der Waals surface area contributed by atoms with Crippen LogP contribution in [0.2, 0.25) is 0 Å². The van der Waals surface area contributed by atoms with Crippen LogP contribution >= 0.6 is 0 Å². The number of carbonyl (C=O) groups is 1. The lowest BCUT2D eigenvalue weighted by atomic mass is 10.0. The first kappa shape index (κ1) is 20.2. The number of piperidine rings is 1. The summed E-state index contributed by atoms with van der Waals surface area (Å²) in [4.78, 5) is 14.3. The Morgan fingerprint density at radius 3 is 2.43 bits per heavy atom. The van der Waals surface area contributed by atoms with Crippen molar-refractivity contribution in [3.8, 4) is 0 Å². The van der Waals surface area contributed by atoms with E-state index < -0.39 is 5.60 Å². The molecule has 5 nitrogen and oxygen atoms in total. The zero-order valence-corrected chi connectivity index (χ0v) is 15.8. The first-order valence-corrected chi connectivity index (χ1v) is 9.29. The zero-order valence-electron chi connectivity index (χ0n) is 15.8. The Bertz CT molecular complexity index is 334. The van der Waals surface area contributed by atoms with Gasteiger partial charge in [0.05, 0.1) is 0 Å². The highest BCUT2D eigenvalue weighted by Crippen LogP contribution is 2.12. The second-order valence-corrected chi connectivity index (χ2v) is 7.60. The lowest BCUT2D eigenvalue weighted by Crippen LogP contribution is -2.50. The van der Waals surface area contributed by atoms with Gasteiger partial charge in [0.15, 0.2) is 0 Å². The van der Waals surface area contributed by atoms with Crippen LogP contribution in [0.4, 0.5) is 4.79 Å². The molecule has 1 aliphatic heterocycles. The van der Waals surface area contributed by atoms with Crippen LogP contribution in [0.1, 0.15) is 66.7 Å². The van der Waals surface area contributed by atoms with E-state index in [1.807, 2.05) is 20.8 Å². The Morgan fingerprint density at radius 1 is 1.26 bits per heavy atom. The van der Waals surface area contributed by atoms with Crippen LogP contribution in [0, 0.1) is 0 Å². The van der Waals surface area contributed by atoms with Crippen LogP contribution in [0.5, 0.6) is 0 Å². The van der Waals surface area contributed by atoms with Crippen molar-refractivity contribution in [3.05, 3.63) is 0 Å². The van der Waals surface area contributed by atoms with Crippen LogP contribution in [0.3, 0.4) is 0 Å². The van der Waals surface area contributed by atoms with E-state index in [2.05, 4.69) is 29.4 Å². The van der Waals surface area contributed by atoms with Crippen molar-refractivity contribution >= 4 is 6.09 Å². The first-order chi connectivity index (χ1) is 10.8. The fraction of sp³-hybridized carbons (Fsp3) is 0.944. The predicted octanol–water partition coefficient (Wildman–Crippen LogP) is 3.14. The van der Waals surface area contributed by atoms with Crippen molar-refractivity contribution in [2.24, 2.45) is 0 Å². The number of rotatable bonds is 8. The molecule has 0 aromatic heterocycles. The standard InChI is InChI=1S/C18H37N3O2/c1-6-8-9-16(14-19-17(22)23-18(3,4)5)20-15-10-12-21(7-2)13-11-15/h15-16,20H,6-14H2,1-5H3,(H,19,22). The monoisotopic (exact) mass is 327 g/mol. The van der Waals surface area contributed by atoms with Gasteiger partial charge in [0.25, 0.3) is 0 Å². The summed E-state index contributed by atoms with van der Waals surface area (Å²) in [5.41, 5.74) is -0.441. The van der Waals surface area contributed by atoms with Gasteiger partial charge in [-0.2, -0.15) is 0 Å². The highest BCUT2D eigenvalue weighted by Gasteiger charge is 2.22. The summed E-state index contributed by atoms with van der Waals surface area (Å²) >= 11 is 0. The highest BCUT2D eigenvalue weighted by atomic mass is 16.6. The van der Waals surface area contributed by atoms with E-state index in [1.165, 1.54) is 38.8 Å². The molecule has 1 aliphatic rings. The number of hydrogen-bond acceptors (Lipinski definition) is 4. The highest BCUT2D eigenvalue weighted by molar-refractivity contribution is 5.67. The summed E-state index contributed by atoms with van der Waals surface area (Å²) in [6.45, 7) is 14.2. The lowest BCUT2D eigenvalue weighted by molar-refractivity contribution is 0.0519. The fourth-order valence-electron chi connectivity index (χ4n) is 2.96. The fourth-order valence-corrected chi connectivity index (χ4v) is 2.96. The average Bonchev–Trinajstić information content (AvgIpc) is 2.49. The summed E-state index contributed by atoms with van der Waals surface area (Å²) in [6, 6.07) is 0.903. The molecule has 0 aromatic rings. The third-order valence-electron chi connectivity index (χ3n) is 4.30. The van der Waals surface area contributed by atoms with Gasteiger partial charge in [-0.1, -0.05) is 26.7 Å². The second-order valence-electron chi connectivity index (χ2n) is 7.60. The van der Waals surface area contributed by atoms with Gasteiger partial charge in [0.1, 0.15) is 5.60 Å². The maximum atomic E-state index is 11.8. The molecule has 0 spiro atoms. The van der Waals surface area contributed by atoms with Gasteiger partial charge in [-0.05, 0) is 59.7 Å². The maximum Gasteiger partial charge on any atom is 0.407 e. The molecule has 1 unspecified atom stereocenters. The molecule has 0 aromatic carbocycles. The van der Waals surface area contributed by atoms with Gasteiger partial charge in [-0.15, -0.1) is 0 Å². The Balaban J connectivity index is 2.38. The van der Waals surface area contributed by atoms with E-state index >= 15 is 0 Å². The molecule has 0 aliphatic carbocycles. The molecule has 0 bridgehead atoms. The minimum atomic E-state index is -0.441. The first-order valence-electron chi connectivity index (χ1n) is 9.29. The molecule has 1 rings (SSSR count). The minimum Gasteiger partial charge on any atom is -0.444 e. The number of ether oxygens (including phenoxy) is 1. The lowest BCUT2D eigenvalue weighted by Gasteiger charge is -2.34. The molecule has 23 heavy (non-hydrogen) atoms. The third-order valence-corrected chi connectivity index (χ3v) is 4.30. The van der Waals surface area contributed by atoms with Crippen molar-refractivity contribution in [1.29, 1.82) is 0 Å². The molecule has 1 heterocycles. The van der Waals surface area contributed by atoms with E-state index in [1.54, 1.807) is 0 Å². The topological polar surface area (TPSA) is 53.6 Å². The molecule has 136 valence electrons. The normalized spacial score (nSPS) is 18.7. The second kappa shape index (κ2) is 10.1. The molecule has 2 N–H and O–H groups in total. The van der Waals surface area contributed by atoms with Crippen LogP contribution < -0.4 is 10.6 Å². The molecule has 1 fully saturated rings. The van der Waals surface area contributed by atoms with Crippen LogP contribution in [0.25, 0.3) is 0 Å². The molecular weight excluding hydrogens is 290 g/mol. The summed E-state index contributed by atoms with van der Waals surface area (Å²) in [6.07, 6.45) is 5.54. The van der Waals surface area contributed by atoms with Crippen molar-refractivity contribution in [1.82, 2.24) is 15.5 Å². The predicted molar refractivity (Wildman–Crippen MR) is 95.8 cm³/mol. The number of nitrogens with one attached hydrogen (secondary N) is 2. The third kappa shape index (κ3) is 9.16. The quantitative estimate of drug-likeness (QED) is 0.719. The summed E-state index contributed by atoms with van der Waals surface area (Å²) in [5, 5.41) is 6.68. The summed E-state index contributed by atoms with van der Waals surface area (Å²) < 4.78 is 5.33. The van der Waals surface area contributed by atoms with Gasteiger partial charge in [0, 0.05) is 18.6 Å². The van der Waals surface area contributed by atoms with E-state index in [0.717, 1.165) is 13.0 Å². The van der Waals surface area contributed by atoms with Crippen LogP contribution in [-0.2, 0) is 4.74 Å². The van der Waals surface area contributed by atoms with Crippen molar-refractivity contribution in [3.63, 3.8) is 0 Å². The summed E-state index contributed by atoms with van der Waals surface area (Å²) in [5.74, 6) is 0. The van der Waals surface area contributed by atoms with Crippen molar-refractivity contribution in [2.75, 3.05) is 26.2 Å². The molecule has 0 radical (unpaired) electrons. The number of unbranched alkanes of at least 4 members (excludes halogenated alkanes) is 1. The van der Waals surface area contributed by atoms with E-state index in [9.17, 15) is 4.79 Å². The van der Waals surface area contributed by atoms with E-state index in [-0.39, 0.29) is 6.09 Å². The van der Waals surface area contributed by atoms with E-state index in [0.29, 0.717) is 18.6 Å². The van der Waals surface area contributed by atoms with E-state index in [4.69, 9.17) is 4.74 Å². The Morgan fingerprint density at radius 2 is 1.91 bits per heavy atom. The number of alkyl carbamates (subject to hydrolysis) is 1. The Hall–Kier alpha value is -0.810. The van der Waals surface area contributed by atoms with Gasteiger partial charge in [0.2, 0.25) is 0 Å². The number of likely N-dealkylation sites (tertiary alicyclic amines) is 1.